The molecule has 4 N–H and O–H groups in total. The van der Waals surface area contributed by atoms with Crippen molar-refractivity contribution >= 4 is 5.97 Å². The van der Waals surface area contributed by atoms with Gasteiger partial charge in [-0.25, -0.2) is 0 Å². The molecule has 0 radical (unpaired) electrons. The Hall–Kier alpha value is -1.21. The van der Waals surface area contributed by atoms with Gasteiger partial charge < -0.3 is 25.2 Å². The van der Waals surface area contributed by atoms with Crippen molar-refractivity contribution in [3.63, 3.8) is 0 Å². The molecule has 1 saturated carbocycles. The van der Waals surface area contributed by atoms with Gasteiger partial charge in [-0.05, 0) is 44.4 Å². The summed E-state index contributed by atoms with van der Waals surface area (Å²) in [4.78, 5) is 11.1. The highest BCUT2D eigenvalue weighted by Crippen LogP contribution is 2.36. The maximum absolute atomic E-state index is 11.1. The molecule has 6 heteroatoms. The SMILES string of the molecule is [3H]OC(/C=C/[C@H]1[C@@H](C/C=C\CCCC(=O)OC)[C@@H](O)C[C@H]1O[3H])CCC(CC)O[3H]. The van der Waals surface area contributed by atoms with Crippen LogP contribution in [0, 0.1) is 11.8 Å². The van der Waals surface area contributed by atoms with Gasteiger partial charge in [0.2, 0.25) is 4.29 Å². The van der Waals surface area contributed by atoms with Crippen LogP contribution in [0.2, 0.25) is 0 Å². The first-order valence-electron chi connectivity index (χ1n) is 11.2. The van der Waals surface area contributed by atoms with E-state index in [1.54, 1.807) is 6.08 Å². The number of carbonyl (C=O) groups is 1. The van der Waals surface area contributed by atoms with Gasteiger partial charge in [-0.3, -0.25) is 4.79 Å². The van der Waals surface area contributed by atoms with Crippen LogP contribution < -0.4 is 0 Å². The molecule has 1 fully saturated rings. The maximum Gasteiger partial charge on any atom is 0.305 e. The third-order valence-electron chi connectivity index (χ3n) is 5.22. The lowest BCUT2D eigenvalue weighted by Gasteiger charge is -2.19. The van der Waals surface area contributed by atoms with Crippen LogP contribution in [0.1, 0.15) is 58.3 Å². The van der Waals surface area contributed by atoms with Crippen LogP contribution in [-0.4, -0.2) is 62.2 Å². The molecular weight excluding hydrogens is 348 g/mol. The molecular formula is C21H36O6. The van der Waals surface area contributed by atoms with Crippen molar-refractivity contribution in [2.75, 3.05) is 7.11 Å². The lowest BCUT2D eigenvalue weighted by molar-refractivity contribution is -0.140. The van der Waals surface area contributed by atoms with E-state index in [0.717, 1.165) is 12.8 Å². The predicted octanol–water partition coefficient (Wildman–Crippen LogP) is 2.10. The lowest BCUT2D eigenvalue weighted by Crippen LogP contribution is -2.20. The molecule has 6 nitrogen and oxygen atoms in total. The van der Waals surface area contributed by atoms with Gasteiger partial charge in [-0.2, -0.15) is 0 Å². The monoisotopic (exact) mass is 390 g/mol. The van der Waals surface area contributed by atoms with Crippen molar-refractivity contribution in [1.82, 2.24) is 0 Å². The van der Waals surface area contributed by atoms with Gasteiger partial charge in [0.15, 0.2) is 0 Å². The average Bonchev–Trinajstić information content (AvgIpc) is 3.07. The second-order valence-corrected chi connectivity index (χ2v) is 7.29. The zero-order valence-electron chi connectivity index (χ0n) is 19.4. The minimum atomic E-state index is -0.578. The van der Waals surface area contributed by atoms with Gasteiger partial charge in [0, 0.05) is 18.8 Å². The number of allylic oxidation sites excluding steroid dienone is 2. The van der Waals surface area contributed by atoms with Gasteiger partial charge >= 0.3 is 5.97 Å². The Bertz CT molecular complexity index is 527. The smallest absolute Gasteiger partial charge is 0.305 e. The molecule has 0 heterocycles. The Kier molecular flexibility index (Phi) is 9.24. The van der Waals surface area contributed by atoms with E-state index in [0.29, 0.717) is 38.5 Å². The Morgan fingerprint density at radius 2 is 2.15 bits per heavy atom. The highest BCUT2D eigenvalue weighted by Gasteiger charge is 2.39. The molecule has 0 amide bonds. The summed E-state index contributed by atoms with van der Waals surface area (Å²) in [6.07, 6.45) is 10.7. The van der Waals surface area contributed by atoms with Gasteiger partial charge in [0.1, 0.15) is 0 Å². The number of carbonyl (C=O) groups excluding carboxylic acids is 1. The number of methoxy groups -OCH3 is 1. The minimum absolute atomic E-state index is 0.0974. The fourth-order valence-electron chi connectivity index (χ4n) is 3.42. The Morgan fingerprint density at radius 1 is 1.30 bits per heavy atom. The molecule has 0 saturated heterocycles. The summed E-state index contributed by atoms with van der Waals surface area (Å²) in [7, 11) is 1.37. The standard InChI is InChI=1S/C21H36O6/c1-3-15(22)10-11-16(23)12-13-18-17(19(24)14-20(18)25)8-6-4-5-7-9-21(26)27-2/h4,6,12-13,15-20,22-25H,3,5,7-11,14H2,1-2H3/b6-4-,13-12+/t15?,16?,17-,18+,19+,20-/m1/s1/i22T,23T,25T. The van der Waals surface area contributed by atoms with Crippen molar-refractivity contribution in [2.24, 2.45) is 11.8 Å². The van der Waals surface area contributed by atoms with E-state index in [-0.39, 0.29) is 23.9 Å². The lowest BCUT2D eigenvalue weighted by atomic mass is 9.89. The van der Waals surface area contributed by atoms with Crippen molar-refractivity contribution in [2.45, 2.75) is 82.7 Å². The normalized spacial score (nSPS) is 29.5. The van der Waals surface area contributed by atoms with E-state index in [9.17, 15) is 9.90 Å². The summed E-state index contributed by atoms with van der Waals surface area (Å²) in [6.45, 7) is 1.94. The Labute approximate surface area is 167 Å². The number of esters is 1. The molecule has 0 spiro atoms. The van der Waals surface area contributed by atoms with Crippen LogP contribution >= 0.6 is 0 Å². The number of unbranched alkanes of at least 4 members (excludes halogenated alkanes) is 1. The molecule has 0 aromatic heterocycles. The molecule has 0 aliphatic heterocycles. The fourth-order valence-corrected chi connectivity index (χ4v) is 3.42. The Balaban J connectivity index is 2.63. The second-order valence-electron chi connectivity index (χ2n) is 7.29. The summed E-state index contributed by atoms with van der Waals surface area (Å²) >= 11 is 0. The van der Waals surface area contributed by atoms with E-state index < -0.39 is 18.3 Å². The number of aliphatic hydroxyl groups excluding tert-OH is 4. The summed E-state index contributed by atoms with van der Waals surface area (Å²) in [5.74, 6) is -0.481. The molecule has 0 bridgehead atoms. The quantitative estimate of drug-likeness (QED) is 0.194. The van der Waals surface area contributed by atoms with E-state index in [1.165, 1.54) is 7.11 Å². The van der Waals surface area contributed by atoms with E-state index in [1.807, 2.05) is 25.2 Å². The molecule has 27 heavy (non-hydrogen) atoms. The van der Waals surface area contributed by atoms with E-state index >= 15 is 0 Å². The van der Waals surface area contributed by atoms with Gasteiger partial charge in [-0.1, -0.05) is 31.2 Å². The van der Waals surface area contributed by atoms with Crippen LogP contribution in [0.15, 0.2) is 24.3 Å². The summed E-state index contributed by atoms with van der Waals surface area (Å²) in [6, 6.07) is 0. The fraction of sp³-hybridized carbons (Fsp3) is 0.762. The first-order valence-corrected chi connectivity index (χ1v) is 9.94. The number of ether oxygens (including phenoxy) is 1. The van der Waals surface area contributed by atoms with Gasteiger partial charge in [0.25, 0.3) is 0 Å². The number of hydrogen-bond acceptors (Lipinski definition) is 6. The highest BCUT2D eigenvalue weighted by molar-refractivity contribution is 5.69. The van der Waals surface area contributed by atoms with Crippen LogP contribution in [-0.2, 0) is 9.53 Å². The summed E-state index contributed by atoms with van der Waals surface area (Å²) in [5.41, 5.74) is 0. The molecule has 6 atom stereocenters. The minimum Gasteiger partial charge on any atom is -0.469 e. The van der Waals surface area contributed by atoms with Gasteiger partial charge in [0.05, 0.1) is 31.5 Å². The van der Waals surface area contributed by atoms with Crippen LogP contribution in [0.5, 0.6) is 0 Å². The number of rotatable bonds is 15. The van der Waals surface area contributed by atoms with Gasteiger partial charge in [-0.15, -0.1) is 0 Å². The third kappa shape index (κ3) is 9.02. The number of aliphatic hydroxyl groups is 4. The molecule has 0 aromatic carbocycles. The van der Waals surface area contributed by atoms with Crippen LogP contribution in [0.3, 0.4) is 0 Å². The molecule has 1 aliphatic carbocycles. The second kappa shape index (κ2) is 13.0. The molecule has 1 rings (SSSR count). The zero-order valence-corrected chi connectivity index (χ0v) is 16.4. The summed E-state index contributed by atoms with van der Waals surface area (Å²) in [5, 5.41) is 24.7. The van der Waals surface area contributed by atoms with Crippen LogP contribution in [0.25, 0.3) is 0 Å². The average molecular weight is 391 g/mol. The predicted molar refractivity (Wildman–Crippen MR) is 104 cm³/mol. The third-order valence-corrected chi connectivity index (χ3v) is 5.22. The van der Waals surface area contributed by atoms with Crippen molar-refractivity contribution < 1.29 is 30.0 Å². The molecule has 0 aromatic rings. The van der Waals surface area contributed by atoms with Crippen LogP contribution in [0.4, 0.5) is 0 Å². The molecule has 2 unspecified atom stereocenters. The Morgan fingerprint density at radius 3 is 2.81 bits per heavy atom. The largest absolute Gasteiger partial charge is 0.469 e. The number of hydrogen-bond donors (Lipinski definition) is 4. The van der Waals surface area contributed by atoms with E-state index in [4.69, 9.17) is 14.5 Å². The van der Waals surface area contributed by atoms with E-state index in [2.05, 4.69) is 9.85 Å². The first-order chi connectivity index (χ1) is 14.5. The molecule has 156 valence electrons. The zero-order chi connectivity index (χ0) is 22.4. The van der Waals surface area contributed by atoms with Crippen molar-refractivity contribution in [1.29, 1.82) is 4.29 Å². The summed E-state index contributed by atoms with van der Waals surface area (Å²) < 4.78 is 26.3. The van der Waals surface area contributed by atoms with Crippen molar-refractivity contribution in [3.05, 3.63) is 24.3 Å². The van der Waals surface area contributed by atoms with Crippen molar-refractivity contribution in [3.8, 4) is 0 Å². The highest BCUT2D eigenvalue weighted by atomic mass is 16.5. The molecule has 1 aliphatic rings. The topological polar surface area (TPSA) is 107 Å². The maximum atomic E-state index is 11.1. The first kappa shape index (κ1) is 19.1.